The minimum absolute atomic E-state index is 0. The van der Waals surface area contributed by atoms with Gasteiger partial charge in [-0.3, -0.25) is 0 Å². The molecule has 0 aliphatic heterocycles. The van der Waals surface area contributed by atoms with Gasteiger partial charge >= 0.3 is 23.1 Å². The SMILES string of the molecule is C/C=C(\CC)[N-]CCN(CC)CC.[Cl-].[Mg+2]. The van der Waals surface area contributed by atoms with Gasteiger partial charge in [0.25, 0.3) is 0 Å². The molecule has 0 N–H and O–H groups in total. The van der Waals surface area contributed by atoms with Crippen LogP contribution in [-0.2, 0) is 0 Å². The summed E-state index contributed by atoms with van der Waals surface area (Å²) in [6, 6.07) is 0. The number of rotatable bonds is 7. The summed E-state index contributed by atoms with van der Waals surface area (Å²) in [5, 5.41) is 4.52. The molecule has 0 bridgehead atoms. The van der Waals surface area contributed by atoms with Crippen LogP contribution in [0.2, 0.25) is 0 Å². The molecule has 0 radical (unpaired) electrons. The van der Waals surface area contributed by atoms with Crippen LogP contribution < -0.4 is 12.4 Å². The molecule has 0 saturated carbocycles. The standard InChI is InChI=1S/C11H23N2.ClH.Mg/c1-5-11(6-2)12-9-10-13(7-3)8-4;;/h5H,6-10H2,1-4H3;1H;/q-1;;+2/p-1/b11-5+;;. The Hall–Kier alpha value is 0.556. The van der Waals surface area contributed by atoms with Crippen LogP contribution in [0.25, 0.3) is 5.32 Å². The van der Waals surface area contributed by atoms with Crippen molar-refractivity contribution < 1.29 is 12.4 Å². The second-order valence-corrected chi connectivity index (χ2v) is 3.04. The predicted molar refractivity (Wildman–Crippen MR) is 65.8 cm³/mol. The molecule has 0 saturated heterocycles. The molecule has 86 valence electrons. The van der Waals surface area contributed by atoms with Crippen LogP contribution in [0.3, 0.4) is 0 Å². The molecule has 0 aromatic heterocycles. The van der Waals surface area contributed by atoms with Crippen molar-refractivity contribution in [2.45, 2.75) is 34.1 Å². The van der Waals surface area contributed by atoms with E-state index in [2.05, 4.69) is 44.0 Å². The van der Waals surface area contributed by atoms with Crippen molar-refractivity contribution in [1.29, 1.82) is 0 Å². The molecule has 4 heteroatoms. The van der Waals surface area contributed by atoms with E-state index in [0.717, 1.165) is 32.6 Å². The zero-order valence-electron chi connectivity index (χ0n) is 10.6. The van der Waals surface area contributed by atoms with Gasteiger partial charge in [0.05, 0.1) is 0 Å². The van der Waals surface area contributed by atoms with Crippen molar-refractivity contribution in [2.75, 3.05) is 26.2 Å². The van der Waals surface area contributed by atoms with Crippen molar-refractivity contribution in [3.63, 3.8) is 0 Å². The minimum atomic E-state index is 0. The summed E-state index contributed by atoms with van der Waals surface area (Å²) in [5.74, 6) is 0. The zero-order valence-corrected chi connectivity index (χ0v) is 12.8. The Bertz CT molecular complexity index is 148. The van der Waals surface area contributed by atoms with E-state index >= 15 is 0 Å². The summed E-state index contributed by atoms with van der Waals surface area (Å²) in [7, 11) is 0. The first-order valence-electron chi connectivity index (χ1n) is 5.33. The molecule has 2 nitrogen and oxygen atoms in total. The van der Waals surface area contributed by atoms with E-state index in [-0.39, 0.29) is 35.5 Å². The summed E-state index contributed by atoms with van der Waals surface area (Å²) < 4.78 is 0. The fourth-order valence-corrected chi connectivity index (χ4v) is 1.28. The van der Waals surface area contributed by atoms with Crippen LogP contribution in [0.1, 0.15) is 34.1 Å². The molecule has 0 unspecified atom stereocenters. The maximum Gasteiger partial charge on any atom is 2.00 e. The molecule has 0 amide bonds. The molecule has 0 atom stereocenters. The normalized spacial score (nSPS) is 10.6. The monoisotopic (exact) mass is 242 g/mol. The number of nitrogens with zero attached hydrogens (tertiary/aromatic N) is 2. The van der Waals surface area contributed by atoms with Gasteiger partial charge in [-0.25, -0.2) is 0 Å². The zero-order chi connectivity index (χ0) is 10.1. The number of allylic oxidation sites excluding steroid dienone is 2. The first-order valence-corrected chi connectivity index (χ1v) is 5.33. The van der Waals surface area contributed by atoms with E-state index in [1.165, 1.54) is 5.70 Å². The van der Waals surface area contributed by atoms with Gasteiger partial charge in [0, 0.05) is 0 Å². The Balaban J connectivity index is -0.000000720. The number of hydrogen-bond donors (Lipinski definition) is 0. The van der Waals surface area contributed by atoms with Crippen molar-refractivity contribution in [2.24, 2.45) is 0 Å². The Morgan fingerprint density at radius 2 is 1.73 bits per heavy atom. The van der Waals surface area contributed by atoms with E-state index in [0.29, 0.717) is 0 Å². The van der Waals surface area contributed by atoms with Crippen molar-refractivity contribution in [1.82, 2.24) is 4.90 Å². The van der Waals surface area contributed by atoms with Crippen molar-refractivity contribution >= 4 is 23.1 Å². The third-order valence-corrected chi connectivity index (χ3v) is 2.32. The van der Waals surface area contributed by atoms with Gasteiger partial charge in [-0.15, -0.1) is 12.6 Å². The molecule has 0 aliphatic rings. The maximum absolute atomic E-state index is 4.52. The van der Waals surface area contributed by atoms with Crippen LogP contribution in [0.15, 0.2) is 11.8 Å². The van der Waals surface area contributed by atoms with Crippen LogP contribution >= 0.6 is 0 Å². The summed E-state index contributed by atoms with van der Waals surface area (Å²) >= 11 is 0. The Morgan fingerprint density at radius 1 is 1.20 bits per heavy atom. The summed E-state index contributed by atoms with van der Waals surface area (Å²) in [6.07, 6.45) is 3.15. The Kier molecular flexibility index (Phi) is 20.3. The first-order chi connectivity index (χ1) is 6.28. The van der Waals surface area contributed by atoms with Gasteiger partial charge in [-0.2, -0.15) is 5.70 Å². The second-order valence-electron chi connectivity index (χ2n) is 3.04. The van der Waals surface area contributed by atoms with E-state index in [1.54, 1.807) is 0 Å². The van der Waals surface area contributed by atoms with Crippen molar-refractivity contribution in [3.8, 4) is 0 Å². The fourth-order valence-electron chi connectivity index (χ4n) is 1.28. The molecule has 0 rings (SSSR count). The quantitative estimate of drug-likeness (QED) is 0.558. The van der Waals surface area contributed by atoms with Crippen LogP contribution in [0.4, 0.5) is 0 Å². The second kappa shape index (κ2) is 14.6. The van der Waals surface area contributed by atoms with E-state index < -0.39 is 0 Å². The summed E-state index contributed by atoms with van der Waals surface area (Å²) in [5.41, 5.74) is 1.23. The fraction of sp³-hybridized carbons (Fsp3) is 0.818. The van der Waals surface area contributed by atoms with Crippen LogP contribution in [0.5, 0.6) is 0 Å². The van der Waals surface area contributed by atoms with Gasteiger partial charge in [-0.05, 0) is 26.6 Å². The topological polar surface area (TPSA) is 17.3 Å². The minimum Gasteiger partial charge on any atom is -1.00 e. The first kappa shape index (κ1) is 20.9. The van der Waals surface area contributed by atoms with Crippen LogP contribution in [0, 0.1) is 0 Å². The Morgan fingerprint density at radius 3 is 2.07 bits per heavy atom. The average Bonchev–Trinajstić information content (AvgIpc) is 2.19. The molecule has 0 aromatic carbocycles. The number of likely N-dealkylation sites (N-methyl/N-ethyl adjacent to an activating group) is 1. The molecule has 15 heavy (non-hydrogen) atoms. The Labute approximate surface area is 117 Å². The summed E-state index contributed by atoms with van der Waals surface area (Å²) in [6.45, 7) is 12.9. The van der Waals surface area contributed by atoms with E-state index in [4.69, 9.17) is 0 Å². The van der Waals surface area contributed by atoms with Crippen molar-refractivity contribution in [3.05, 3.63) is 17.1 Å². The molecule has 0 fully saturated rings. The number of halogens is 1. The van der Waals surface area contributed by atoms with Gasteiger partial charge in [0.15, 0.2) is 0 Å². The third kappa shape index (κ3) is 10.8. The van der Waals surface area contributed by atoms with Gasteiger partial charge in [0.2, 0.25) is 0 Å². The molecule has 0 heterocycles. The molecular formula is C11H23ClMgN2. The smallest absolute Gasteiger partial charge is 1.00 e. The van der Waals surface area contributed by atoms with Crippen LogP contribution in [-0.4, -0.2) is 54.1 Å². The summed E-state index contributed by atoms with van der Waals surface area (Å²) in [4.78, 5) is 2.40. The van der Waals surface area contributed by atoms with E-state index in [9.17, 15) is 0 Å². The predicted octanol–water partition coefficient (Wildman–Crippen LogP) is -0.361. The molecule has 0 spiro atoms. The van der Waals surface area contributed by atoms with Gasteiger partial charge < -0.3 is 22.6 Å². The number of hydrogen-bond acceptors (Lipinski definition) is 1. The van der Waals surface area contributed by atoms with Gasteiger partial charge in [-0.1, -0.05) is 27.2 Å². The molecule has 0 aliphatic carbocycles. The third-order valence-electron chi connectivity index (χ3n) is 2.32. The molecular weight excluding hydrogens is 220 g/mol. The van der Waals surface area contributed by atoms with E-state index in [1.807, 2.05) is 0 Å². The maximum atomic E-state index is 4.52. The van der Waals surface area contributed by atoms with Gasteiger partial charge in [0.1, 0.15) is 0 Å². The molecule has 0 aromatic rings. The largest absolute Gasteiger partial charge is 2.00 e. The average molecular weight is 243 g/mol.